The second kappa shape index (κ2) is 7.45. The molecule has 25 heavy (non-hydrogen) atoms. The van der Waals surface area contributed by atoms with E-state index in [4.69, 9.17) is 10.5 Å². The molecule has 1 amide bonds. The number of nitrogens with one attached hydrogen (secondary N) is 1. The van der Waals surface area contributed by atoms with E-state index in [0.717, 1.165) is 5.57 Å². The highest BCUT2D eigenvalue weighted by Gasteiger charge is 2.52. The lowest BCUT2D eigenvalue weighted by atomic mass is 10.0. The number of H-pyrrole nitrogens is 1. The molecule has 0 radical (unpaired) electrons. The number of aromatic nitrogens is 3. The number of ether oxygens (including phenoxy) is 2. The number of β-lactam (4-membered cyclic amide) rings is 1. The standard InChI is InChI=1S/C13H15N5O5S2/c1-6(19)22-5-23-13(21)10-7(3-24-8-2-15-17-16-8)4-25-12-9(14)11(20)18(10)12/h2,9,12H,3-5,14H2,1H3,(H,15,16,17)/t9?,12-/m1/s1. The lowest BCUT2D eigenvalue weighted by Crippen LogP contribution is -2.68. The van der Waals surface area contributed by atoms with Gasteiger partial charge in [0.2, 0.25) is 12.7 Å². The van der Waals surface area contributed by atoms with Gasteiger partial charge in [0.05, 0.1) is 6.20 Å². The van der Waals surface area contributed by atoms with Gasteiger partial charge in [0, 0.05) is 18.4 Å². The van der Waals surface area contributed by atoms with E-state index in [-0.39, 0.29) is 17.0 Å². The van der Waals surface area contributed by atoms with E-state index in [1.807, 2.05) is 0 Å². The number of hydrogen-bond donors (Lipinski definition) is 2. The first-order valence-corrected chi connectivity index (χ1v) is 9.24. The van der Waals surface area contributed by atoms with Crippen molar-refractivity contribution in [3.05, 3.63) is 17.5 Å². The highest BCUT2D eigenvalue weighted by molar-refractivity contribution is 8.01. The van der Waals surface area contributed by atoms with Crippen molar-refractivity contribution < 1.29 is 23.9 Å². The van der Waals surface area contributed by atoms with Gasteiger partial charge in [0.15, 0.2) is 0 Å². The number of esters is 2. The van der Waals surface area contributed by atoms with Crippen molar-refractivity contribution in [1.29, 1.82) is 0 Å². The lowest BCUT2D eigenvalue weighted by Gasteiger charge is -2.48. The van der Waals surface area contributed by atoms with Crippen LogP contribution in [0.5, 0.6) is 0 Å². The molecule has 0 aromatic carbocycles. The molecule has 1 aromatic rings. The summed E-state index contributed by atoms with van der Waals surface area (Å²) in [6.45, 7) is 0.700. The van der Waals surface area contributed by atoms with Crippen molar-refractivity contribution in [2.24, 2.45) is 5.73 Å². The average molecular weight is 385 g/mol. The molecule has 0 spiro atoms. The summed E-state index contributed by atoms with van der Waals surface area (Å²) in [7, 11) is 0. The monoisotopic (exact) mass is 385 g/mol. The van der Waals surface area contributed by atoms with Crippen LogP contribution in [0, 0.1) is 0 Å². The maximum absolute atomic E-state index is 12.4. The van der Waals surface area contributed by atoms with Crippen LogP contribution in [0.3, 0.4) is 0 Å². The zero-order valence-electron chi connectivity index (χ0n) is 13.1. The van der Waals surface area contributed by atoms with Crippen LogP contribution in [0.15, 0.2) is 22.5 Å². The quantitative estimate of drug-likeness (QED) is 0.284. The Labute approximate surface area is 150 Å². The van der Waals surface area contributed by atoms with Crippen molar-refractivity contribution in [3.63, 3.8) is 0 Å². The fourth-order valence-electron chi connectivity index (χ4n) is 2.34. The van der Waals surface area contributed by atoms with Gasteiger partial charge in [-0.3, -0.25) is 14.5 Å². The van der Waals surface area contributed by atoms with E-state index in [0.29, 0.717) is 16.5 Å². The number of thioether (sulfide) groups is 2. The highest BCUT2D eigenvalue weighted by Crippen LogP contribution is 2.40. The normalized spacial score (nSPS) is 22.3. The molecule has 2 aliphatic rings. The summed E-state index contributed by atoms with van der Waals surface area (Å²) < 4.78 is 9.59. The molecule has 10 nitrogen and oxygen atoms in total. The first-order chi connectivity index (χ1) is 12.0. The smallest absolute Gasteiger partial charge is 0.357 e. The Bertz CT molecular complexity index is 722. The fourth-order valence-corrected chi connectivity index (χ4v) is 4.55. The van der Waals surface area contributed by atoms with E-state index >= 15 is 0 Å². The molecule has 1 fully saturated rings. The lowest BCUT2D eigenvalue weighted by molar-refractivity contribution is -0.166. The minimum atomic E-state index is -0.720. The summed E-state index contributed by atoms with van der Waals surface area (Å²) in [6, 6.07) is -0.633. The first-order valence-electron chi connectivity index (χ1n) is 7.20. The highest BCUT2D eigenvalue weighted by atomic mass is 32.2. The van der Waals surface area contributed by atoms with Crippen LogP contribution in [0.25, 0.3) is 0 Å². The number of fused-ring (bicyclic) bond motifs is 1. The number of carbonyl (C=O) groups is 3. The Kier molecular flexibility index (Phi) is 5.30. The first kappa shape index (κ1) is 17.8. The minimum absolute atomic E-state index is 0.165. The third-order valence-corrected chi connectivity index (χ3v) is 5.87. The Hall–Kier alpha value is -2.05. The van der Waals surface area contributed by atoms with Crippen LogP contribution in [-0.4, -0.2) is 67.9 Å². The summed E-state index contributed by atoms with van der Waals surface area (Å²) >= 11 is 2.87. The van der Waals surface area contributed by atoms with Gasteiger partial charge in [0.1, 0.15) is 22.1 Å². The molecule has 134 valence electrons. The molecule has 1 saturated heterocycles. The Balaban J connectivity index is 1.77. The zero-order chi connectivity index (χ0) is 18.0. The van der Waals surface area contributed by atoms with Crippen LogP contribution >= 0.6 is 23.5 Å². The number of carbonyl (C=O) groups excluding carboxylic acids is 3. The zero-order valence-corrected chi connectivity index (χ0v) is 14.8. The summed E-state index contributed by atoms with van der Waals surface area (Å²) in [6.07, 6.45) is 1.56. The molecule has 3 N–H and O–H groups in total. The van der Waals surface area contributed by atoms with Gasteiger partial charge in [-0.2, -0.15) is 10.3 Å². The molecule has 2 aliphatic heterocycles. The number of nitrogens with two attached hydrogens (primary N) is 1. The second-order valence-corrected chi connectivity index (χ2v) is 7.27. The molecule has 1 unspecified atom stereocenters. The molecule has 3 rings (SSSR count). The van der Waals surface area contributed by atoms with Crippen molar-refractivity contribution in [2.75, 3.05) is 18.3 Å². The topological polar surface area (TPSA) is 140 Å². The van der Waals surface area contributed by atoms with Crippen molar-refractivity contribution in [3.8, 4) is 0 Å². The Morgan fingerprint density at radius 3 is 3.00 bits per heavy atom. The molecule has 0 saturated carbocycles. The Morgan fingerprint density at radius 2 is 2.32 bits per heavy atom. The third-order valence-electron chi connectivity index (χ3n) is 3.52. The second-order valence-electron chi connectivity index (χ2n) is 5.17. The van der Waals surface area contributed by atoms with Gasteiger partial charge < -0.3 is 15.2 Å². The number of rotatable bonds is 6. The molecule has 3 heterocycles. The van der Waals surface area contributed by atoms with E-state index < -0.39 is 24.8 Å². The van der Waals surface area contributed by atoms with Crippen molar-refractivity contribution in [2.45, 2.75) is 23.4 Å². The summed E-state index contributed by atoms with van der Waals surface area (Å²) in [5, 5.41) is 10.5. The number of amides is 1. The molecule has 2 atom stereocenters. The van der Waals surface area contributed by atoms with Gasteiger partial charge >= 0.3 is 11.9 Å². The van der Waals surface area contributed by atoms with Gasteiger partial charge in [-0.25, -0.2) is 4.79 Å². The third kappa shape index (κ3) is 3.65. The minimum Gasteiger partial charge on any atom is -0.428 e. The van der Waals surface area contributed by atoms with E-state index in [1.54, 1.807) is 6.20 Å². The van der Waals surface area contributed by atoms with Gasteiger partial charge in [-0.1, -0.05) is 11.8 Å². The van der Waals surface area contributed by atoms with Crippen LogP contribution in [-0.2, 0) is 23.9 Å². The predicted molar refractivity (Wildman–Crippen MR) is 87.9 cm³/mol. The predicted octanol–water partition coefficient (Wildman–Crippen LogP) is -0.543. The van der Waals surface area contributed by atoms with E-state index in [9.17, 15) is 14.4 Å². The summed E-state index contributed by atoms with van der Waals surface area (Å²) in [5.74, 6) is -0.653. The summed E-state index contributed by atoms with van der Waals surface area (Å²) in [4.78, 5) is 36.7. The van der Waals surface area contributed by atoms with E-state index in [2.05, 4.69) is 20.1 Å². The number of aromatic amines is 1. The van der Waals surface area contributed by atoms with E-state index in [1.165, 1.54) is 35.3 Å². The summed E-state index contributed by atoms with van der Waals surface area (Å²) in [5.41, 5.74) is 6.68. The largest absolute Gasteiger partial charge is 0.428 e. The maximum Gasteiger partial charge on any atom is 0.357 e. The molecular weight excluding hydrogens is 370 g/mol. The van der Waals surface area contributed by atoms with Crippen LogP contribution in [0.1, 0.15) is 6.92 Å². The van der Waals surface area contributed by atoms with Gasteiger partial charge in [0.25, 0.3) is 0 Å². The molecule has 12 heteroatoms. The van der Waals surface area contributed by atoms with Crippen LogP contribution in [0.4, 0.5) is 0 Å². The van der Waals surface area contributed by atoms with Crippen LogP contribution in [0.2, 0.25) is 0 Å². The van der Waals surface area contributed by atoms with Crippen LogP contribution < -0.4 is 5.73 Å². The van der Waals surface area contributed by atoms with Gasteiger partial charge in [-0.15, -0.1) is 16.9 Å². The average Bonchev–Trinajstić information content (AvgIpc) is 3.11. The Morgan fingerprint density at radius 1 is 1.52 bits per heavy atom. The van der Waals surface area contributed by atoms with Gasteiger partial charge in [-0.05, 0) is 5.57 Å². The molecule has 0 bridgehead atoms. The fraction of sp³-hybridized carbons (Fsp3) is 0.462. The number of nitrogens with zero attached hydrogens (tertiary/aromatic N) is 3. The maximum atomic E-state index is 12.4. The SMILES string of the molecule is CC(=O)OCOC(=O)C1=C(CSc2cn[nH]n2)CS[C@@H]2C(N)C(=O)N12. The number of hydrogen-bond acceptors (Lipinski definition) is 10. The molecule has 0 aliphatic carbocycles. The van der Waals surface area contributed by atoms with Crippen molar-refractivity contribution in [1.82, 2.24) is 20.3 Å². The molecular formula is C13H15N5O5S2. The van der Waals surface area contributed by atoms with Crippen molar-refractivity contribution >= 4 is 41.4 Å². The molecule has 1 aromatic heterocycles.